The highest BCUT2D eigenvalue weighted by Crippen LogP contribution is 2.13. The first-order valence-electron chi connectivity index (χ1n) is 8.12. The molecule has 3 rings (SSSR count). The van der Waals surface area contributed by atoms with E-state index >= 15 is 0 Å². The quantitative estimate of drug-likeness (QED) is 0.730. The summed E-state index contributed by atoms with van der Waals surface area (Å²) in [6.45, 7) is 1.41. The van der Waals surface area contributed by atoms with E-state index in [-0.39, 0.29) is 18.6 Å². The van der Waals surface area contributed by atoms with Gasteiger partial charge in [-0.05, 0) is 30.7 Å². The molecule has 3 aromatic rings. The van der Waals surface area contributed by atoms with Gasteiger partial charge < -0.3 is 10.4 Å². The SMILES string of the molecule is Cc1nn(CC(=O)NC[C@H](O)c2cccc(F)c2)c(=O)c2ccccc12. The molecule has 0 radical (unpaired) electrons. The van der Waals surface area contributed by atoms with E-state index in [1.54, 1.807) is 31.2 Å². The maximum atomic E-state index is 13.2. The summed E-state index contributed by atoms with van der Waals surface area (Å²) >= 11 is 0. The summed E-state index contributed by atoms with van der Waals surface area (Å²) in [5.41, 5.74) is 0.655. The first-order valence-corrected chi connectivity index (χ1v) is 8.12. The van der Waals surface area contributed by atoms with Gasteiger partial charge in [0.25, 0.3) is 5.56 Å². The number of benzene rings is 2. The summed E-state index contributed by atoms with van der Waals surface area (Å²) in [7, 11) is 0. The molecule has 7 heteroatoms. The first kappa shape index (κ1) is 17.8. The Hall–Kier alpha value is -3.06. The minimum atomic E-state index is -1.04. The van der Waals surface area contributed by atoms with E-state index in [1.807, 2.05) is 6.07 Å². The van der Waals surface area contributed by atoms with Crippen molar-refractivity contribution in [3.8, 4) is 0 Å². The predicted molar refractivity (Wildman–Crippen MR) is 95.1 cm³/mol. The van der Waals surface area contributed by atoms with Crippen LogP contribution < -0.4 is 10.9 Å². The van der Waals surface area contributed by atoms with Crippen molar-refractivity contribution >= 4 is 16.7 Å². The van der Waals surface area contributed by atoms with Crippen LogP contribution in [0.3, 0.4) is 0 Å². The fourth-order valence-electron chi connectivity index (χ4n) is 2.75. The molecule has 0 bridgehead atoms. The van der Waals surface area contributed by atoms with E-state index in [2.05, 4.69) is 10.4 Å². The number of carbonyl (C=O) groups is 1. The van der Waals surface area contributed by atoms with Crippen molar-refractivity contribution in [1.82, 2.24) is 15.1 Å². The molecule has 0 saturated heterocycles. The van der Waals surface area contributed by atoms with Gasteiger partial charge in [-0.1, -0.05) is 30.3 Å². The van der Waals surface area contributed by atoms with E-state index in [0.717, 1.165) is 10.1 Å². The fourth-order valence-corrected chi connectivity index (χ4v) is 2.75. The molecule has 0 fully saturated rings. The molecule has 1 amide bonds. The van der Waals surface area contributed by atoms with E-state index in [4.69, 9.17) is 0 Å². The Bertz CT molecular complexity index is 1020. The zero-order valence-corrected chi connectivity index (χ0v) is 14.1. The van der Waals surface area contributed by atoms with Gasteiger partial charge in [0.1, 0.15) is 12.4 Å². The van der Waals surface area contributed by atoms with Crippen molar-refractivity contribution in [2.24, 2.45) is 0 Å². The van der Waals surface area contributed by atoms with Crippen LogP contribution in [0.2, 0.25) is 0 Å². The minimum absolute atomic E-state index is 0.0937. The smallest absolute Gasteiger partial charge is 0.275 e. The average Bonchev–Trinajstić information content (AvgIpc) is 2.64. The van der Waals surface area contributed by atoms with Gasteiger partial charge in [0.15, 0.2) is 0 Å². The maximum Gasteiger partial charge on any atom is 0.275 e. The summed E-state index contributed by atoms with van der Waals surface area (Å²) in [5, 5.41) is 18.0. The number of nitrogens with zero attached hydrogens (tertiary/aromatic N) is 2. The molecule has 0 saturated carbocycles. The van der Waals surface area contributed by atoms with Gasteiger partial charge in [-0.2, -0.15) is 5.10 Å². The molecule has 2 aromatic carbocycles. The lowest BCUT2D eigenvalue weighted by Crippen LogP contribution is -2.36. The Labute approximate surface area is 148 Å². The number of aliphatic hydroxyl groups excluding tert-OH is 1. The number of carbonyl (C=O) groups excluding carboxylic acids is 1. The van der Waals surface area contributed by atoms with E-state index < -0.39 is 17.8 Å². The molecule has 0 aliphatic rings. The highest BCUT2D eigenvalue weighted by Gasteiger charge is 2.13. The summed E-state index contributed by atoms with van der Waals surface area (Å²) in [6.07, 6.45) is -1.04. The van der Waals surface area contributed by atoms with Crippen LogP contribution in [-0.4, -0.2) is 27.3 Å². The highest BCUT2D eigenvalue weighted by atomic mass is 19.1. The molecule has 26 heavy (non-hydrogen) atoms. The summed E-state index contributed by atoms with van der Waals surface area (Å²) < 4.78 is 14.3. The van der Waals surface area contributed by atoms with Crippen LogP contribution in [-0.2, 0) is 11.3 Å². The number of aliphatic hydroxyl groups is 1. The number of aromatic nitrogens is 2. The molecular weight excluding hydrogens is 337 g/mol. The second-order valence-electron chi connectivity index (χ2n) is 5.97. The Morgan fingerprint density at radius 3 is 2.69 bits per heavy atom. The Morgan fingerprint density at radius 1 is 1.23 bits per heavy atom. The van der Waals surface area contributed by atoms with Crippen LogP contribution in [0.1, 0.15) is 17.4 Å². The van der Waals surface area contributed by atoms with E-state index in [9.17, 15) is 19.1 Å². The maximum absolute atomic E-state index is 13.2. The first-order chi connectivity index (χ1) is 12.5. The number of nitrogens with one attached hydrogen (secondary N) is 1. The predicted octanol–water partition coefficient (Wildman–Crippen LogP) is 1.69. The zero-order chi connectivity index (χ0) is 18.7. The topological polar surface area (TPSA) is 84.2 Å². The number of hydrogen-bond acceptors (Lipinski definition) is 4. The minimum Gasteiger partial charge on any atom is -0.387 e. The lowest BCUT2D eigenvalue weighted by molar-refractivity contribution is -0.122. The van der Waals surface area contributed by atoms with Gasteiger partial charge in [-0.3, -0.25) is 9.59 Å². The number of amides is 1. The third-order valence-corrected chi connectivity index (χ3v) is 4.07. The van der Waals surface area contributed by atoms with Crippen LogP contribution in [0, 0.1) is 12.7 Å². The van der Waals surface area contributed by atoms with Gasteiger partial charge in [0, 0.05) is 11.9 Å². The molecule has 0 unspecified atom stereocenters. The lowest BCUT2D eigenvalue weighted by Gasteiger charge is -2.13. The van der Waals surface area contributed by atoms with Crippen molar-refractivity contribution in [3.63, 3.8) is 0 Å². The monoisotopic (exact) mass is 355 g/mol. The van der Waals surface area contributed by atoms with Crippen molar-refractivity contribution in [2.75, 3.05) is 6.54 Å². The summed E-state index contributed by atoms with van der Waals surface area (Å²) in [5.74, 6) is -0.931. The number of halogens is 1. The normalized spacial score (nSPS) is 12.1. The van der Waals surface area contributed by atoms with Crippen molar-refractivity contribution in [2.45, 2.75) is 19.6 Å². The summed E-state index contributed by atoms with van der Waals surface area (Å²) in [6, 6.07) is 12.6. The zero-order valence-electron chi connectivity index (χ0n) is 14.1. The van der Waals surface area contributed by atoms with Crippen molar-refractivity contribution in [3.05, 3.63) is 76.0 Å². The third kappa shape index (κ3) is 3.78. The van der Waals surface area contributed by atoms with Gasteiger partial charge in [-0.15, -0.1) is 0 Å². The molecule has 0 spiro atoms. The van der Waals surface area contributed by atoms with Crippen LogP contribution in [0.25, 0.3) is 10.8 Å². The van der Waals surface area contributed by atoms with Crippen molar-refractivity contribution < 1.29 is 14.3 Å². The van der Waals surface area contributed by atoms with Crippen LogP contribution >= 0.6 is 0 Å². The standard InChI is InChI=1S/C19H18FN3O3/c1-12-15-7-2-3-8-16(15)19(26)23(22-12)11-18(25)21-10-17(24)13-5-4-6-14(20)9-13/h2-9,17,24H,10-11H2,1H3,(H,21,25)/t17-/m0/s1. The molecule has 1 atom stereocenters. The van der Waals surface area contributed by atoms with Crippen molar-refractivity contribution in [1.29, 1.82) is 0 Å². The summed E-state index contributed by atoms with van der Waals surface area (Å²) in [4.78, 5) is 24.6. The fraction of sp³-hybridized carbons (Fsp3) is 0.211. The number of hydrogen-bond donors (Lipinski definition) is 2. The van der Waals surface area contributed by atoms with Crippen LogP contribution in [0.5, 0.6) is 0 Å². The molecule has 0 aliphatic carbocycles. The van der Waals surface area contributed by atoms with Gasteiger partial charge in [-0.25, -0.2) is 9.07 Å². The second kappa shape index (κ2) is 7.45. The molecule has 1 heterocycles. The lowest BCUT2D eigenvalue weighted by atomic mass is 10.1. The number of aryl methyl sites for hydroxylation is 1. The highest BCUT2D eigenvalue weighted by molar-refractivity contribution is 5.83. The number of fused-ring (bicyclic) bond motifs is 1. The Balaban J connectivity index is 1.70. The van der Waals surface area contributed by atoms with Gasteiger partial charge in [0.05, 0.1) is 17.2 Å². The molecule has 134 valence electrons. The van der Waals surface area contributed by atoms with Crippen LogP contribution in [0.15, 0.2) is 53.3 Å². The number of rotatable bonds is 5. The van der Waals surface area contributed by atoms with Crippen LogP contribution in [0.4, 0.5) is 4.39 Å². The molecule has 2 N–H and O–H groups in total. The molecule has 1 aromatic heterocycles. The third-order valence-electron chi connectivity index (χ3n) is 4.07. The average molecular weight is 355 g/mol. The Kier molecular flexibility index (Phi) is 5.09. The Morgan fingerprint density at radius 2 is 1.96 bits per heavy atom. The molecular formula is C19H18FN3O3. The molecule has 6 nitrogen and oxygen atoms in total. The van der Waals surface area contributed by atoms with Gasteiger partial charge >= 0.3 is 0 Å². The van der Waals surface area contributed by atoms with E-state index in [0.29, 0.717) is 16.6 Å². The molecule has 0 aliphatic heterocycles. The second-order valence-corrected chi connectivity index (χ2v) is 5.97. The van der Waals surface area contributed by atoms with Gasteiger partial charge in [0.2, 0.25) is 5.91 Å². The van der Waals surface area contributed by atoms with E-state index in [1.165, 1.54) is 18.2 Å². The largest absolute Gasteiger partial charge is 0.387 e.